The molecule has 0 aliphatic carbocycles. The van der Waals surface area contributed by atoms with E-state index < -0.39 is 29.9 Å². The van der Waals surface area contributed by atoms with Crippen LogP contribution < -0.4 is 4.74 Å². The van der Waals surface area contributed by atoms with Crippen molar-refractivity contribution in [2.75, 3.05) is 7.05 Å². The van der Waals surface area contributed by atoms with Crippen molar-refractivity contribution in [3.8, 4) is 5.75 Å². The van der Waals surface area contributed by atoms with Crippen LogP contribution in [0.4, 0.5) is 4.39 Å². The van der Waals surface area contributed by atoms with Crippen LogP contribution in [0.15, 0.2) is 60.7 Å². The van der Waals surface area contributed by atoms with E-state index in [0.717, 1.165) is 10.5 Å². The molecule has 2 amide bonds. The average Bonchev–Trinajstić information content (AvgIpc) is 3.06. The van der Waals surface area contributed by atoms with E-state index in [0.29, 0.717) is 16.9 Å². The number of nitrogens with zero attached hydrogens (tertiary/aromatic N) is 1. The summed E-state index contributed by atoms with van der Waals surface area (Å²) in [4.78, 5) is 37.8. The number of rotatable bonds is 4. The van der Waals surface area contributed by atoms with Gasteiger partial charge in [-0.25, -0.2) is 9.18 Å². The summed E-state index contributed by atoms with van der Waals surface area (Å²) in [7, 11) is 1.38. The maximum Gasteiger partial charge on any atom is 0.338 e. The largest absolute Gasteiger partial charge is 0.460 e. The number of halogens is 1. The first-order valence-corrected chi connectivity index (χ1v) is 10.2. The number of carbonyl (C=O) groups is 3. The van der Waals surface area contributed by atoms with Crippen molar-refractivity contribution in [2.45, 2.75) is 19.5 Å². The van der Waals surface area contributed by atoms with Crippen LogP contribution in [0.5, 0.6) is 5.75 Å². The summed E-state index contributed by atoms with van der Waals surface area (Å²) >= 11 is 0. The Labute approximate surface area is 188 Å². The summed E-state index contributed by atoms with van der Waals surface area (Å²) in [5, 5.41) is 0. The summed E-state index contributed by atoms with van der Waals surface area (Å²) in [6, 6.07) is 16.1. The highest BCUT2D eigenvalue weighted by Gasteiger charge is 2.33. The quantitative estimate of drug-likeness (QED) is 0.444. The Bertz CT molecular complexity index is 1290. The summed E-state index contributed by atoms with van der Waals surface area (Å²) in [5.41, 5.74) is 2.16. The molecule has 0 N–H and O–H groups in total. The topological polar surface area (TPSA) is 82.1 Å². The van der Waals surface area contributed by atoms with Crippen LogP contribution in [0, 0.1) is 5.82 Å². The van der Waals surface area contributed by atoms with E-state index in [1.807, 2.05) is 30.3 Å². The molecule has 0 bridgehead atoms. The fourth-order valence-corrected chi connectivity index (χ4v) is 3.87. The van der Waals surface area contributed by atoms with Gasteiger partial charge < -0.3 is 14.2 Å². The number of hydrogen-bond donors (Lipinski definition) is 0. The van der Waals surface area contributed by atoms with E-state index in [-0.39, 0.29) is 29.9 Å². The van der Waals surface area contributed by atoms with Crippen LogP contribution in [0.2, 0.25) is 0 Å². The molecule has 2 heterocycles. The number of benzene rings is 3. The standard InChI is InChI=1S/C25H18FNO6/c1-27-22(28)19-8-7-15(11-20(19)23(27)29)24(30)31-12-16-9-18(26)10-17-13-32-25(33-21(16)17)14-5-3-2-4-6-14/h2-11,25H,12-13H2,1H3. The van der Waals surface area contributed by atoms with Gasteiger partial charge in [0.05, 0.1) is 23.3 Å². The molecule has 3 aromatic rings. The van der Waals surface area contributed by atoms with E-state index >= 15 is 0 Å². The van der Waals surface area contributed by atoms with Gasteiger partial charge in [0.15, 0.2) is 0 Å². The van der Waals surface area contributed by atoms with E-state index in [9.17, 15) is 18.8 Å². The molecule has 0 saturated heterocycles. The third-order valence-electron chi connectivity index (χ3n) is 5.58. The number of imide groups is 1. The molecule has 0 radical (unpaired) electrons. The molecule has 1 atom stereocenters. The molecular weight excluding hydrogens is 429 g/mol. The fourth-order valence-electron chi connectivity index (χ4n) is 3.87. The van der Waals surface area contributed by atoms with Crippen LogP contribution in [0.3, 0.4) is 0 Å². The number of hydrogen-bond acceptors (Lipinski definition) is 6. The highest BCUT2D eigenvalue weighted by Crippen LogP contribution is 2.37. The first-order valence-electron chi connectivity index (χ1n) is 10.2. The van der Waals surface area contributed by atoms with Crippen LogP contribution >= 0.6 is 0 Å². The van der Waals surface area contributed by atoms with Gasteiger partial charge in [-0.3, -0.25) is 14.5 Å². The Morgan fingerprint density at radius 2 is 1.82 bits per heavy atom. The van der Waals surface area contributed by atoms with Gasteiger partial charge in [-0.05, 0) is 30.3 Å². The number of esters is 1. The van der Waals surface area contributed by atoms with E-state index in [1.165, 1.54) is 37.4 Å². The van der Waals surface area contributed by atoms with Gasteiger partial charge in [0, 0.05) is 23.7 Å². The molecule has 3 aromatic carbocycles. The lowest BCUT2D eigenvalue weighted by molar-refractivity contribution is -0.112. The Morgan fingerprint density at radius 3 is 2.61 bits per heavy atom. The molecule has 8 heteroatoms. The van der Waals surface area contributed by atoms with Gasteiger partial charge in [0.25, 0.3) is 11.8 Å². The predicted molar refractivity (Wildman–Crippen MR) is 113 cm³/mol. The highest BCUT2D eigenvalue weighted by atomic mass is 19.1. The lowest BCUT2D eigenvalue weighted by atomic mass is 10.1. The van der Waals surface area contributed by atoms with Gasteiger partial charge in [0.1, 0.15) is 18.2 Å². The SMILES string of the molecule is CN1C(=O)c2ccc(C(=O)OCc3cc(F)cc4c3OC(c3ccccc3)OC4)cc2C1=O. The normalized spacial score (nSPS) is 16.8. The van der Waals surface area contributed by atoms with Crippen molar-refractivity contribution in [3.05, 3.63) is 99.9 Å². The molecule has 2 aliphatic heterocycles. The average molecular weight is 447 g/mol. The molecule has 5 rings (SSSR count). The zero-order valence-corrected chi connectivity index (χ0v) is 17.5. The highest BCUT2D eigenvalue weighted by molar-refractivity contribution is 6.21. The molecule has 2 aliphatic rings. The third kappa shape index (κ3) is 3.74. The Balaban J connectivity index is 1.36. The maximum atomic E-state index is 14.2. The molecule has 0 aromatic heterocycles. The van der Waals surface area contributed by atoms with Crippen molar-refractivity contribution < 1.29 is 33.0 Å². The van der Waals surface area contributed by atoms with E-state index in [4.69, 9.17) is 14.2 Å². The number of fused-ring (bicyclic) bond motifs is 2. The smallest absolute Gasteiger partial charge is 0.338 e. The van der Waals surface area contributed by atoms with Crippen LogP contribution in [-0.4, -0.2) is 29.7 Å². The van der Waals surface area contributed by atoms with Crippen LogP contribution in [0.1, 0.15) is 54.1 Å². The summed E-state index contributed by atoms with van der Waals surface area (Å²) in [5.74, 6) is -1.72. The van der Waals surface area contributed by atoms with Crippen molar-refractivity contribution >= 4 is 17.8 Å². The van der Waals surface area contributed by atoms with Gasteiger partial charge in [-0.2, -0.15) is 0 Å². The van der Waals surface area contributed by atoms with Crippen LogP contribution in [-0.2, 0) is 22.7 Å². The zero-order valence-electron chi connectivity index (χ0n) is 17.5. The van der Waals surface area contributed by atoms with Crippen molar-refractivity contribution in [3.63, 3.8) is 0 Å². The second kappa shape index (κ2) is 8.14. The third-order valence-corrected chi connectivity index (χ3v) is 5.58. The molecular formula is C25H18FNO6. The molecule has 0 spiro atoms. The summed E-state index contributed by atoms with van der Waals surface area (Å²) in [6.45, 7) is -0.105. The molecule has 7 nitrogen and oxygen atoms in total. The Morgan fingerprint density at radius 1 is 1.06 bits per heavy atom. The van der Waals surface area contributed by atoms with Crippen molar-refractivity contribution in [1.82, 2.24) is 4.90 Å². The molecule has 0 fully saturated rings. The van der Waals surface area contributed by atoms with Crippen molar-refractivity contribution in [1.29, 1.82) is 0 Å². The second-order valence-electron chi connectivity index (χ2n) is 7.73. The van der Waals surface area contributed by atoms with Gasteiger partial charge in [-0.1, -0.05) is 30.3 Å². The minimum atomic E-state index is -0.711. The molecule has 0 saturated carbocycles. The lowest BCUT2D eigenvalue weighted by Crippen LogP contribution is -2.24. The maximum absolute atomic E-state index is 14.2. The molecule has 33 heavy (non-hydrogen) atoms. The first-order chi connectivity index (χ1) is 15.9. The minimum Gasteiger partial charge on any atom is -0.460 e. The minimum absolute atomic E-state index is 0.113. The fraction of sp³-hybridized carbons (Fsp3) is 0.160. The Hall–Kier alpha value is -4.04. The van der Waals surface area contributed by atoms with Crippen LogP contribution in [0.25, 0.3) is 0 Å². The zero-order chi connectivity index (χ0) is 23.1. The predicted octanol–water partition coefficient (Wildman–Crippen LogP) is 4.02. The summed E-state index contributed by atoms with van der Waals surface area (Å²) < 4.78 is 31.2. The van der Waals surface area contributed by atoms with E-state index in [2.05, 4.69) is 0 Å². The van der Waals surface area contributed by atoms with Crippen molar-refractivity contribution in [2.24, 2.45) is 0 Å². The first kappa shape index (κ1) is 20.8. The lowest BCUT2D eigenvalue weighted by Gasteiger charge is -2.28. The molecule has 1 unspecified atom stereocenters. The Kier molecular flexibility index (Phi) is 5.14. The second-order valence-corrected chi connectivity index (χ2v) is 7.73. The van der Waals surface area contributed by atoms with E-state index in [1.54, 1.807) is 0 Å². The van der Waals surface area contributed by atoms with Gasteiger partial charge in [-0.15, -0.1) is 0 Å². The number of ether oxygens (including phenoxy) is 3. The monoisotopic (exact) mass is 447 g/mol. The summed E-state index contributed by atoms with van der Waals surface area (Å²) in [6.07, 6.45) is -0.670. The number of carbonyl (C=O) groups excluding carboxylic acids is 3. The number of amides is 2. The van der Waals surface area contributed by atoms with Gasteiger partial charge >= 0.3 is 5.97 Å². The van der Waals surface area contributed by atoms with Gasteiger partial charge in [0.2, 0.25) is 6.29 Å². The molecule has 166 valence electrons.